The monoisotopic (exact) mass is 275 g/mol. The standard InChI is InChI=1S/C13H13N3O2S/c1-3-9-8(12(14)16-15-9)6-7(2)10-4-5-11(19-10)13(17)18/h3-6H,1H2,2H3,(H,17,18)(H3,14,15,16)/b7-6+. The number of carboxylic acid groups (broad SMARTS) is 1. The van der Waals surface area contributed by atoms with Gasteiger partial charge in [-0.1, -0.05) is 6.58 Å². The number of anilines is 1. The highest BCUT2D eigenvalue weighted by molar-refractivity contribution is 7.15. The summed E-state index contributed by atoms with van der Waals surface area (Å²) in [6, 6.07) is 3.37. The maximum atomic E-state index is 10.9. The zero-order valence-electron chi connectivity index (χ0n) is 10.3. The Kier molecular flexibility index (Phi) is 3.52. The Morgan fingerprint density at radius 2 is 2.21 bits per heavy atom. The lowest BCUT2D eigenvalue weighted by atomic mass is 10.1. The van der Waals surface area contributed by atoms with E-state index in [0.29, 0.717) is 10.7 Å². The van der Waals surface area contributed by atoms with E-state index in [2.05, 4.69) is 16.8 Å². The molecule has 0 saturated heterocycles. The predicted molar refractivity (Wildman–Crippen MR) is 77.9 cm³/mol. The molecule has 2 heterocycles. The van der Waals surface area contributed by atoms with Crippen LogP contribution in [0, 0.1) is 0 Å². The van der Waals surface area contributed by atoms with Crippen LogP contribution in [0.2, 0.25) is 0 Å². The van der Waals surface area contributed by atoms with E-state index in [9.17, 15) is 4.79 Å². The molecule has 0 saturated carbocycles. The number of nitrogens with zero attached hydrogens (tertiary/aromatic N) is 1. The summed E-state index contributed by atoms with van der Waals surface area (Å²) >= 11 is 1.23. The van der Waals surface area contributed by atoms with Crippen LogP contribution in [0.4, 0.5) is 5.82 Å². The molecule has 0 unspecified atom stereocenters. The van der Waals surface area contributed by atoms with E-state index < -0.39 is 5.97 Å². The van der Waals surface area contributed by atoms with Gasteiger partial charge < -0.3 is 10.8 Å². The molecular weight excluding hydrogens is 262 g/mol. The average Bonchev–Trinajstić information content (AvgIpc) is 2.97. The molecule has 6 heteroatoms. The molecule has 0 aliphatic carbocycles. The van der Waals surface area contributed by atoms with Gasteiger partial charge in [-0.25, -0.2) is 4.79 Å². The Morgan fingerprint density at radius 1 is 1.53 bits per heavy atom. The predicted octanol–water partition coefficient (Wildman–Crippen LogP) is 2.96. The molecule has 0 radical (unpaired) electrons. The number of nitrogen functional groups attached to an aromatic ring is 1. The lowest BCUT2D eigenvalue weighted by Crippen LogP contribution is -1.89. The fraction of sp³-hybridized carbons (Fsp3) is 0.0769. The number of hydrogen-bond acceptors (Lipinski definition) is 4. The minimum atomic E-state index is -0.918. The molecule has 5 nitrogen and oxygen atoms in total. The first-order valence-electron chi connectivity index (χ1n) is 5.51. The average molecular weight is 275 g/mol. The fourth-order valence-electron chi connectivity index (χ4n) is 1.64. The van der Waals surface area contributed by atoms with E-state index in [1.54, 1.807) is 18.2 Å². The van der Waals surface area contributed by atoms with Gasteiger partial charge in [0.2, 0.25) is 0 Å². The highest BCUT2D eigenvalue weighted by Crippen LogP contribution is 2.28. The van der Waals surface area contributed by atoms with Gasteiger partial charge in [0.15, 0.2) is 5.82 Å². The zero-order valence-corrected chi connectivity index (χ0v) is 11.1. The minimum Gasteiger partial charge on any atom is -0.477 e. The molecule has 0 amide bonds. The number of aromatic amines is 1. The van der Waals surface area contributed by atoms with Gasteiger partial charge >= 0.3 is 5.97 Å². The van der Waals surface area contributed by atoms with Crippen LogP contribution in [0.15, 0.2) is 18.7 Å². The van der Waals surface area contributed by atoms with Crippen molar-refractivity contribution in [2.24, 2.45) is 0 Å². The van der Waals surface area contributed by atoms with Crippen molar-refractivity contribution in [3.63, 3.8) is 0 Å². The van der Waals surface area contributed by atoms with E-state index in [0.717, 1.165) is 21.7 Å². The van der Waals surface area contributed by atoms with E-state index in [1.807, 2.05) is 13.0 Å². The molecule has 19 heavy (non-hydrogen) atoms. The number of aromatic carboxylic acids is 1. The van der Waals surface area contributed by atoms with Crippen LogP contribution in [0.5, 0.6) is 0 Å². The molecule has 2 aromatic rings. The fourth-order valence-corrected chi connectivity index (χ4v) is 2.45. The van der Waals surface area contributed by atoms with Crippen molar-refractivity contribution in [2.75, 3.05) is 5.73 Å². The number of thiophene rings is 1. The largest absolute Gasteiger partial charge is 0.477 e. The van der Waals surface area contributed by atoms with Crippen molar-refractivity contribution in [2.45, 2.75) is 6.92 Å². The number of nitrogens with two attached hydrogens (primary N) is 1. The molecule has 2 rings (SSSR count). The van der Waals surface area contributed by atoms with Gasteiger partial charge in [-0.3, -0.25) is 5.10 Å². The maximum Gasteiger partial charge on any atom is 0.345 e. The smallest absolute Gasteiger partial charge is 0.345 e. The van der Waals surface area contributed by atoms with Crippen LogP contribution in [0.1, 0.15) is 32.7 Å². The molecule has 0 fully saturated rings. The molecule has 0 aromatic carbocycles. The number of hydrogen-bond donors (Lipinski definition) is 3. The molecule has 0 aliphatic rings. The topological polar surface area (TPSA) is 92.0 Å². The molecule has 0 atom stereocenters. The van der Waals surface area contributed by atoms with Gasteiger partial charge in [-0.2, -0.15) is 5.10 Å². The summed E-state index contributed by atoms with van der Waals surface area (Å²) in [7, 11) is 0. The van der Waals surface area contributed by atoms with Crippen LogP contribution >= 0.6 is 11.3 Å². The summed E-state index contributed by atoms with van der Waals surface area (Å²) in [6.07, 6.45) is 3.51. The molecule has 0 spiro atoms. The molecule has 0 bridgehead atoms. The van der Waals surface area contributed by atoms with E-state index in [-0.39, 0.29) is 0 Å². The summed E-state index contributed by atoms with van der Waals surface area (Å²) < 4.78 is 0. The lowest BCUT2D eigenvalue weighted by molar-refractivity contribution is 0.0702. The summed E-state index contributed by atoms with van der Waals surface area (Å²) in [5.41, 5.74) is 8.20. The zero-order chi connectivity index (χ0) is 14.0. The van der Waals surface area contributed by atoms with E-state index >= 15 is 0 Å². The molecule has 98 valence electrons. The Morgan fingerprint density at radius 3 is 2.79 bits per heavy atom. The minimum absolute atomic E-state index is 0.312. The number of nitrogens with one attached hydrogen (secondary N) is 1. The van der Waals surface area contributed by atoms with E-state index in [1.165, 1.54) is 11.3 Å². The number of carboxylic acids is 1. The highest BCUT2D eigenvalue weighted by atomic mass is 32.1. The van der Waals surface area contributed by atoms with Crippen LogP contribution in [0.25, 0.3) is 17.7 Å². The van der Waals surface area contributed by atoms with Gasteiger partial charge in [0.25, 0.3) is 0 Å². The Bertz CT molecular complexity index is 667. The summed E-state index contributed by atoms with van der Waals surface area (Å²) in [6.45, 7) is 5.58. The van der Waals surface area contributed by atoms with Crippen LogP contribution in [0.3, 0.4) is 0 Å². The van der Waals surface area contributed by atoms with Crippen molar-refractivity contribution in [1.82, 2.24) is 10.2 Å². The third-order valence-electron chi connectivity index (χ3n) is 2.63. The van der Waals surface area contributed by atoms with E-state index in [4.69, 9.17) is 10.8 Å². The normalized spacial score (nSPS) is 11.5. The first-order valence-corrected chi connectivity index (χ1v) is 6.32. The van der Waals surface area contributed by atoms with Crippen molar-refractivity contribution < 1.29 is 9.90 Å². The van der Waals surface area contributed by atoms with Crippen molar-refractivity contribution >= 4 is 40.8 Å². The van der Waals surface area contributed by atoms with Crippen LogP contribution in [-0.2, 0) is 0 Å². The molecule has 0 aliphatic heterocycles. The molecule has 2 aromatic heterocycles. The van der Waals surface area contributed by atoms with Gasteiger partial charge in [-0.15, -0.1) is 11.3 Å². The number of aromatic nitrogens is 2. The van der Waals surface area contributed by atoms with Crippen LogP contribution in [-0.4, -0.2) is 21.3 Å². The second kappa shape index (κ2) is 5.11. The van der Waals surface area contributed by atoms with Gasteiger partial charge in [0.05, 0.1) is 5.69 Å². The van der Waals surface area contributed by atoms with Gasteiger partial charge in [0, 0.05) is 10.4 Å². The number of allylic oxidation sites excluding steroid dienone is 1. The maximum absolute atomic E-state index is 10.9. The number of H-pyrrole nitrogens is 1. The highest BCUT2D eigenvalue weighted by Gasteiger charge is 2.10. The van der Waals surface area contributed by atoms with Crippen molar-refractivity contribution in [1.29, 1.82) is 0 Å². The quantitative estimate of drug-likeness (QED) is 0.799. The second-order valence-corrected chi connectivity index (χ2v) is 5.02. The Hall–Kier alpha value is -2.34. The van der Waals surface area contributed by atoms with Crippen LogP contribution < -0.4 is 5.73 Å². The summed E-state index contributed by atoms with van der Waals surface area (Å²) in [5, 5.41) is 15.6. The SMILES string of the molecule is C=Cc1[nH]nc(N)c1/C=C(\C)c1ccc(C(=O)O)s1. The van der Waals surface area contributed by atoms with Crippen molar-refractivity contribution in [3.05, 3.63) is 39.7 Å². The third-order valence-corrected chi connectivity index (χ3v) is 3.84. The molecule has 4 N–H and O–H groups in total. The Balaban J connectivity index is 2.39. The lowest BCUT2D eigenvalue weighted by Gasteiger charge is -1.98. The second-order valence-electron chi connectivity index (χ2n) is 3.94. The van der Waals surface area contributed by atoms with Gasteiger partial charge in [-0.05, 0) is 36.8 Å². The first kappa shape index (κ1) is 13.1. The molecular formula is C13H13N3O2S. The Labute approximate surface area is 114 Å². The number of carbonyl (C=O) groups is 1. The van der Waals surface area contributed by atoms with Crippen molar-refractivity contribution in [3.8, 4) is 0 Å². The first-order chi connectivity index (χ1) is 9.02. The third kappa shape index (κ3) is 2.58. The summed E-state index contributed by atoms with van der Waals surface area (Å²) in [4.78, 5) is 12.0. The summed E-state index contributed by atoms with van der Waals surface area (Å²) in [5.74, 6) is -0.525. The number of rotatable bonds is 4. The van der Waals surface area contributed by atoms with Gasteiger partial charge in [0.1, 0.15) is 4.88 Å².